The van der Waals surface area contributed by atoms with Gasteiger partial charge in [-0.2, -0.15) is 13.2 Å². The standard InChI is InChI=1S/C21H18F3N3O/c1-14-5-4-6-15(11-14)13-26-20(28)16-9-10-25-19(12-16)27-18-8-3-2-7-17(18)21(22,23)24/h2-12H,13H2,1H3,(H,25,27)(H,26,28). The summed E-state index contributed by atoms with van der Waals surface area (Å²) in [5, 5.41) is 5.44. The van der Waals surface area contributed by atoms with E-state index in [0.29, 0.717) is 12.1 Å². The first-order chi connectivity index (χ1) is 13.3. The van der Waals surface area contributed by atoms with Crippen LogP contribution in [0.1, 0.15) is 27.0 Å². The molecule has 0 unspecified atom stereocenters. The van der Waals surface area contributed by atoms with Crippen LogP contribution in [-0.2, 0) is 12.7 Å². The predicted molar refractivity (Wildman–Crippen MR) is 101 cm³/mol. The Balaban J connectivity index is 1.73. The summed E-state index contributed by atoms with van der Waals surface area (Å²) in [6.45, 7) is 2.31. The summed E-state index contributed by atoms with van der Waals surface area (Å²) in [7, 11) is 0. The predicted octanol–water partition coefficient (Wildman–Crippen LogP) is 5.08. The number of pyridine rings is 1. The highest BCUT2D eigenvalue weighted by Gasteiger charge is 2.33. The maximum absolute atomic E-state index is 13.1. The molecule has 0 bridgehead atoms. The van der Waals surface area contributed by atoms with Crippen LogP contribution in [-0.4, -0.2) is 10.9 Å². The molecular formula is C21H18F3N3O. The van der Waals surface area contributed by atoms with Gasteiger partial charge in [0, 0.05) is 18.3 Å². The Morgan fingerprint density at radius 3 is 2.57 bits per heavy atom. The fourth-order valence-corrected chi connectivity index (χ4v) is 2.72. The first-order valence-electron chi connectivity index (χ1n) is 8.56. The molecule has 0 aliphatic rings. The van der Waals surface area contributed by atoms with E-state index in [1.54, 1.807) is 0 Å². The van der Waals surface area contributed by atoms with Crippen molar-refractivity contribution >= 4 is 17.4 Å². The van der Waals surface area contributed by atoms with Crippen LogP contribution < -0.4 is 10.6 Å². The summed E-state index contributed by atoms with van der Waals surface area (Å²) in [6, 6.07) is 15.8. The summed E-state index contributed by atoms with van der Waals surface area (Å²) in [6.07, 6.45) is -3.12. The number of nitrogens with one attached hydrogen (secondary N) is 2. The number of alkyl halides is 3. The number of hydrogen-bond donors (Lipinski definition) is 2. The van der Waals surface area contributed by atoms with E-state index in [0.717, 1.165) is 17.2 Å². The molecule has 28 heavy (non-hydrogen) atoms. The first kappa shape index (κ1) is 19.4. The number of aryl methyl sites for hydroxylation is 1. The Morgan fingerprint density at radius 1 is 1.04 bits per heavy atom. The molecule has 2 N–H and O–H groups in total. The van der Waals surface area contributed by atoms with E-state index in [-0.39, 0.29) is 17.4 Å². The molecule has 2 aromatic carbocycles. The minimum absolute atomic E-state index is 0.125. The number of nitrogens with zero attached hydrogens (tertiary/aromatic N) is 1. The third-order valence-electron chi connectivity index (χ3n) is 4.05. The lowest BCUT2D eigenvalue weighted by Gasteiger charge is -2.14. The van der Waals surface area contributed by atoms with Gasteiger partial charge in [-0.05, 0) is 36.8 Å². The minimum atomic E-state index is -4.49. The molecule has 4 nitrogen and oxygen atoms in total. The number of amides is 1. The molecular weight excluding hydrogens is 367 g/mol. The van der Waals surface area contributed by atoms with Crippen molar-refractivity contribution in [3.8, 4) is 0 Å². The number of aromatic nitrogens is 1. The molecule has 0 atom stereocenters. The van der Waals surface area contributed by atoms with Crippen LogP contribution in [0, 0.1) is 6.92 Å². The molecule has 1 aromatic heterocycles. The van der Waals surface area contributed by atoms with Crippen molar-refractivity contribution < 1.29 is 18.0 Å². The van der Waals surface area contributed by atoms with Gasteiger partial charge in [-0.25, -0.2) is 4.98 Å². The summed E-state index contributed by atoms with van der Waals surface area (Å²) >= 11 is 0. The van der Waals surface area contributed by atoms with Crippen LogP contribution in [0.2, 0.25) is 0 Å². The van der Waals surface area contributed by atoms with Gasteiger partial charge >= 0.3 is 6.18 Å². The first-order valence-corrected chi connectivity index (χ1v) is 8.56. The molecule has 0 saturated carbocycles. The van der Waals surface area contributed by atoms with E-state index < -0.39 is 11.7 Å². The zero-order valence-electron chi connectivity index (χ0n) is 15.0. The van der Waals surface area contributed by atoms with Gasteiger partial charge in [0.1, 0.15) is 5.82 Å². The van der Waals surface area contributed by atoms with Crippen LogP contribution in [0.3, 0.4) is 0 Å². The molecule has 7 heteroatoms. The Kier molecular flexibility index (Phi) is 5.63. The van der Waals surface area contributed by atoms with E-state index in [4.69, 9.17) is 0 Å². The fraction of sp³-hybridized carbons (Fsp3) is 0.143. The molecule has 144 valence electrons. The largest absolute Gasteiger partial charge is 0.418 e. The second-order valence-electron chi connectivity index (χ2n) is 6.27. The zero-order valence-corrected chi connectivity index (χ0v) is 15.0. The SMILES string of the molecule is Cc1cccc(CNC(=O)c2ccnc(Nc3ccccc3C(F)(F)F)c2)c1. The number of hydrogen-bond acceptors (Lipinski definition) is 3. The minimum Gasteiger partial charge on any atom is -0.348 e. The number of halogens is 3. The third kappa shape index (κ3) is 4.88. The van der Waals surface area contributed by atoms with E-state index in [9.17, 15) is 18.0 Å². The molecule has 3 rings (SSSR count). The highest BCUT2D eigenvalue weighted by Crippen LogP contribution is 2.35. The maximum Gasteiger partial charge on any atom is 0.418 e. The quantitative estimate of drug-likeness (QED) is 0.644. The lowest BCUT2D eigenvalue weighted by Crippen LogP contribution is -2.23. The van der Waals surface area contributed by atoms with E-state index in [1.165, 1.54) is 36.5 Å². The van der Waals surface area contributed by atoms with Gasteiger partial charge in [0.05, 0.1) is 11.3 Å². The summed E-state index contributed by atoms with van der Waals surface area (Å²) in [4.78, 5) is 16.4. The summed E-state index contributed by atoms with van der Waals surface area (Å²) < 4.78 is 39.4. The van der Waals surface area contributed by atoms with Crippen molar-refractivity contribution in [2.75, 3.05) is 5.32 Å². The number of carbonyl (C=O) groups excluding carboxylic acids is 1. The van der Waals surface area contributed by atoms with Gasteiger partial charge < -0.3 is 10.6 Å². The van der Waals surface area contributed by atoms with Gasteiger partial charge in [-0.3, -0.25) is 4.79 Å². The second-order valence-corrected chi connectivity index (χ2v) is 6.27. The van der Waals surface area contributed by atoms with Gasteiger partial charge in [-0.15, -0.1) is 0 Å². The molecule has 0 radical (unpaired) electrons. The summed E-state index contributed by atoms with van der Waals surface area (Å²) in [5.41, 5.74) is 1.42. The summed E-state index contributed by atoms with van der Waals surface area (Å²) in [5.74, 6) is -0.184. The number of carbonyl (C=O) groups is 1. The van der Waals surface area contributed by atoms with Crippen LogP contribution >= 0.6 is 0 Å². The van der Waals surface area contributed by atoms with Crippen LogP contribution in [0.5, 0.6) is 0 Å². The van der Waals surface area contributed by atoms with E-state index in [1.807, 2.05) is 31.2 Å². The number of anilines is 2. The lowest BCUT2D eigenvalue weighted by atomic mass is 10.1. The molecule has 0 spiro atoms. The van der Waals surface area contributed by atoms with Crippen molar-refractivity contribution in [1.82, 2.24) is 10.3 Å². The zero-order chi connectivity index (χ0) is 20.1. The maximum atomic E-state index is 13.1. The third-order valence-corrected chi connectivity index (χ3v) is 4.05. The molecule has 1 amide bonds. The smallest absolute Gasteiger partial charge is 0.348 e. The molecule has 0 aliphatic heterocycles. The van der Waals surface area contributed by atoms with E-state index >= 15 is 0 Å². The Labute approximate surface area is 160 Å². The van der Waals surface area contributed by atoms with Crippen LogP contribution in [0.4, 0.5) is 24.7 Å². The molecule has 0 aliphatic carbocycles. The molecule has 3 aromatic rings. The fourth-order valence-electron chi connectivity index (χ4n) is 2.72. The number of rotatable bonds is 5. The van der Waals surface area contributed by atoms with Crippen molar-refractivity contribution in [2.45, 2.75) is 19.6 Å². The Hall–Kier alpha value is -3.35. The van der Waals surface area contributed by atoms with Crippen molar-refractivity contribution in [1.29, 1.82) is 0 Å². The lowest BCUT2D eigenvalue weighted by molar-refractivity contribution is -0.136. The van der Waals surface area contributed by atoms with Gasteiger partial charge in [-0.1, -0.05) is 42.0 Å². The number of para-hydroxylation sites is 1. The second kappa shape index (κ2) is 8.12. The van der Waals surface area contributed by atoms with Crippen molar-refractivity contribution in [3.05, 3.63) is 89.1 Å². The van der Waals surface area contributed by atoms with Crippen molar-refractivity contribution in [2.24, 2.45) is 0 Å². The van der Waals surface area contributed by atoms with Gasteiger partial charge in [0.15, 0.2) is 0 Å². The molecule has 0 saturated heterocycles. The van der Waals surface area contributed by atoms with Crippen molar-refractivity contribution in [3.63, 3.8) is 0 Å². The molecule has 0 fully saturated rings. The monoisotopic (exact) mass is 385 g/mol. The van der Waals surface area contributed by atoms with Gasteiger partial charge in [0.2, 0.25) is 0 Å². The normalized spacial score (nSPS) is 11.1. The van der Waals surface area contributed by atoms with Crippen LogP contribution in [0.25, 0.3) is 0 Å². The highest BCUT2D eigenvalue weighted by atomic mass is 19.4. The topological polar surface area (TPSA) is 54.0 Å². The van der Waals surface area contributed by atoms with E-state index in [2.05, 4.69) is 15.6 Å². The highest BCUT2D eigenvalue weighted by molar-refractivity contribution is 5.94. The molecule has 1 heterocycles. The van der Waals surface area contributed by atoms with Gasteiger partial charge in [0.25, 0.3) is 5.91 Å². The average Bonchev–Trinajstić information content (AvgIpc) is 2.66. The van der Waals surface area contributed by atoms with Crippen LogP contribution in [0.15, 0.2) is 66.9 Å². The Bertz CT molecular complexity index is 986. The average molecular weight is 385 g/mol. The number of benzene rings is 2. The Morgan fingerprint density at radius 2 is 1.82 bits per heavy atom.